The molecule has 0 saturated heterocycles. The second-order valence-electron chi connectivity index (χ2n) is 3.36. The van der Waals surface area contributed by atoms with Crippen LogP contribution in [0.15, 0.2) is 24.3 Å². The van der Waals surface area contributed by atoms with E-state index in [4.69, 9.17) is 5.73 Å². The first-order valence-electron chi connectivity index (χ1n) is 4.27. The largest absolute Gasteiger partial charge is 0.330 e. The van der Waals surface area contributed by atoms with Crippen LogP contribution in [0.5, 0.6) is 0 Å². The summed E-state index contributed by atoms with van der Waals surface area (Å²) in [6.07, 6.45) is 1.05. The summed E-state index contributed by atoms with van der Waals surface area (Å²) in [5.74, 6) is 0.816. The van der Waals surface area contributed by atoms with Crippen LogP contribution >= 0.6 is 0 Å². The molecule has 1 aliphatic rings. The third-order valence-electron chi connectivity index (χ3n) is 2.53. The molecule has 0 heterocycles. The maximum Gasteiger partial charge on any atom is 0.126 e. The topological polar surface area (TPSA) is 26.0 Å². The zero-order valence-electron chi connectivity index (χ0n) is 6.83. The van der Waals surface area contributed by atoms with Crippen LogP contribution < -0.4 is 5.73 Å². The van der Waals surface area contributed by atoms with Crippen molar-refractivity contribution in [2.24, 2.45) is 11.7 Å². The molecule has 2 N–H and O–H groups in total. The smallest absolute Gasteiger partial charge is 0.126 e. The molecule has 2 atom stereocenters. The van der Waals surface area contributed by atoms with Gasteiger partial charge in [-0.1, -0.05) is 18.2 Å². The molecule has 0 spiro atoms. The molecule has 0 radical (unpaired) electrons. The van der Waals surface area contributed by atoms with E-state index >= 15 is 0 Å². The maximum atomic E-state index is 13.1. The molecule has 1 aromatic carbocycles. The van der Waals surface area contributed by atoms with E-state index in [1.807, 2.05) is 12.1 Å². The summed E-state index contributed by atoms with van der Waals surface area (Å²) >= 11 is 0. The Morgan fingerprint density at radius 1 is 1.42 bits per heavy atom. The second kappa shape index (κ2) is 2.87. The Bertz CT molecular complexity index is 285. The molecule has 12 heavy (non-hydrogen) atoms. The molecule has 0 unspecified atom stereocenters. The number of hydrogen-bond acceptors (Lipinski definition) is 1. The SMILES string of the molecule is NC[C@H]1C[C@@H]1c1ccccc1F. The predicted molar refractivity (Wildman–Crippen MR) is 46.3 cm³/mol. The lowest BCUT2D eigenvalue weighted by molar-refractivity contribution is 0.606. The Kier molecular flexibility index (Phi) is 1.85. The summed E-state index contributed by atoms with van der Waals surface area (Å²) in [5, 5.41) is 0. The second-order valence-corrected chi connectivity index (χ2v) is 3.36. The Morgan fingerprint density at radius 2 is 2.17 bits per heavy atom. The van der Waals surface area contributed by atoms with Crippen molar-refractivity contribution >= 4 is 0 Å². The highest BCUT2D eigenvalue weighted by Crippen LogP contribution is 2.47. The van der Waals surface area contributed by atoms with Gasteiger partial charge in [0.25, 0.3) is 0 Å². The Labute approximate surface area is 71.4 Å². The lowest BCUT2D eigenvalue weighted by atomic mass is 10.1. The predicted octanol–water partition coefficient (Wildman–Crippen LogP) is 1.89. The van der Waals surface area contributed by atoms with Gasteiger partial charge in [-0.3, -0.25) is 0 Å². The van der Waals surface area contributed by atoms with Gasteiger partial charge in [-0.2, -0.15) is 0 Å². The Morgan fingerprint density at radius 3 is 2.75 bits per heavy atom. The van der Waals surface area contributed by atoms with Crippen molar-refractivity contribution in [3.63, 3.8) is 0 Å². The van der Waals surface area contributed by atoms with Crippen LogP contribution in [-0.2, 0) is 0 Å². The maximum absolute atomic E-state index is 13.1. The average molecular weight is 165 g/mol. The Hall–Kier alpha value is -0.890. The van der Waals surface area contributed by atoms with Crippen LogP contribution in [0.25, 0.3) is 0 Å². The molecule has 1 aliphatic carbocycles. The number of nitrogens with two attached hydrogens (primary N) is 1. The number of halogens is 1. The standard InChI is InChI=1S/C10H12FN/c11-10-4-2-1-3-8(10)9-5-7(9)6-12/h1-4,7,9H,5-6,12H2/t7-,9+/m1/s1. The Balaban J connectivity index is 2.19. The summed E-state index contributed by atoms with van der Waals surface area (Å²) in [4.78, 5) is 0. The monoisotopic (exact) mass is 165 g/mol. The van der Waals surface area contributed by atoms with Crippen molar-refractivity contribution in [2.45, 2.75) is 12.3 Å². The zero-order valence-corrected chi connectivity index (χ0v) is 6.83. The highest BCUT2D eigenvalue weighted by Gasteiger charge is 2.38. The molecular formula is C10H12FN. The van der Waals surface area contributed by atoms with Gasteiger partial charge in [-0.15, -0.1) is 0 Å². The molecule has 1 aromatic rings. The summed E-state index contributed by atoms with van der Waals surface area (Å²) < 4.78 is 13.1. The van der Waals surface area contributed by atoms with Crippen molar-refractivity contribution in [1.82, 2.24) is 0 Å². The number of benzene rings is 1. The third kappa shape index (κ3) is 1.23. The van der Waals surface area contributed by atoms with E-state index in [9.17, 15) is 4.39 Å². The summed E-state index contributed by atoms with van der Waals surface area (Å²) in [6, 6.07) is 6.97. The van der Waals surface area contributed by atoms with Crippen molar-refractivity contribution in [2.75, 3.05) is 6.54 Å². The van der Waals surface area contributed by atoms with Crippen LogP contribution in [0.4, 0.5) is 4.39 Å². The summed E-state index contributed by atoms with van der Waals surface area (Å²) in [7, 11) is 0. The van der Waals surface area contributed by atoms with E-state index < -0.39 is 0 Å². The van der Waals surface area contributed by atoms with Crippen LogP contribution in [-0.4, -0.2) is 6.54 Å². The molecule has 2 heteroatoms. The molecule has 0 bridgehead atoms. The number of hydrogen-bond donors (Lipinski definition) is 1. The van der Waals surface area contributed by atoms with Gasteiger partial charge in [0.2, 0.25) is 0 Å². The van der Waals surface area contributed by atoms with Crippen molar-refractivity contribution in [3.8, 4) is 0 Å². The molecule has 0 aliphatic heterocycles. The quantitative estimate of drug-likeness (QED) is 0.711. The molecule has 1 saturated carbocycles. The van der Waals surface area contributed by atoms with Crippen LogP contribution in [0.2, 0.25) is 0 Å². The van der Waals surface area contributed by atoms with Gasteiger partial charge >= 0.3 is 0 Å². The molecule has 1 nitrogen and oxygen atoms in total. The van der Waals surface area contributed by atoms with E-state index in [0.717, 1.165) is 12.0 Å². The minimum atomic E-state index is -0.0848. The van der Waals surface area contributed by atoms with Crippen LogP contribution in [0.3, 0.4) is 0 Å². The molecule has 1 fully saturated rings. The molecule has 64 valence electrons. The third-order valence-corrected chi connectivity index (χ3v) is 2.53. The van der Waals surface area contributed by atoms with Gasteiger partial charge in [0.15, 0.2) is 0 Å². The number of rotatable bonds is 2. The first-order valence-corrected chi connectivity index (χ1v) is 4.27. The van der Waals surface area contributed by atoms with Crippen molar-refractivity contribution in [3.05, 3.63) is 35.6 Å². The fourth-order valence-electron chi connectivity index (χ4n) is 1.66. The van der Waals surface area contributed by atoms with Crippen LogP contribution in [0, 0.1) is 11.7 Å². The lowest BCUT2D eigenvalue weighted by Crippen LogP contribution is -2.02. The first kappa shape index (κ1) is 7.74. The van der Waals surface area contributed by atoms with Crippen molar-refractivity contribution < 1.29 is 4.39 Å². The summed E-state index contributed by atoms with van der Waals surface area (Å²) in [6.45, 7) is 0.680. The normalized spacial score (nSPS) is 27.2. The first-order chi connectivity index (χ1) is 5.83. The summed E-state index contributed by atoms with van der Waals surface area (Å²) in [5.41, 5.74) is 6.33. The van der Waals surface area contributed by atoms with Gasteiger partial charge in [0.05, 0.1) is 0 Å². The van der Waals surface area contributed by atoms with Gasteiger partial charge in [-0.05, 0) is 36.4 Å². The zero-order chi connectivity index (χ0) is 8.55. The van der Waals surface area contributed by atoms with E-state index in [0.29, 0.717) is 18.4 Å². The van der Waals surface area contributed by atoms with Gasteiger partial charge < -0.3 is 5.73 Å². The fraction of sp³-hybridized carbons (Fsp3) is 0.400. The molecular weight excluding hydrogens is 153 g/mol. The lowest BCUT2D eigenvalue weighted by Gasteiger charge is -1.99. The van der Waals surface area contributed by atoms with E-state index in [1.165, 1.54) is 6.07 Å². The van der Waals surface area contributed by atoms with Gasteiger partial charge in [0.1, 0.15) is 5.82 Å². The van der Waals surface area contributed by atoms with Gasteiger partial charge in [-0.25, -0.2) is 4.39 Å². The van der Waals surface area contributed by atoms with Crippen LogP contribution in [0.1, 0.15) is 17.9 Å². The van der Waals surface area contributed by atoms with Gasteiger partial charge in [0, 0.05) is 0 Å². The molecule has 0 aromatic heterocycles. The highest BCUT2D eigenvalue weighted by molar-refractivity contribution is 5.27. The fourth-order valence-corrected chi connectivity index (χ4v) is 1.66. The minimum absolute atomic E-state index is 0.0848. The van der Waals surface area contributed by atoms with E-state index in [1.54, 1.807) is 6.07 Å². The molecule has 0 amide bonds. The van der Waals surface area contributed by atoms with Crippen molar-refractivity contribution in [1.29, 1.82) is 0 Å². The molecule has 2 rings (SSSR count). The average Bonchev–Trinajstić information content (AvgIpc) is 2.84. The van der Waals surface area contributed by atoms with E-state index in [-0.39, 0.29) is 5.82 Å². The highest BCUT2D eigenvalue weighted by atomic mass is 19.1. The van der Waals surface area contributed by atoms with E-state index in [2.05, 4.69) is 0 Å². The minimum Gasteiger partial charge on any atom is -0.330 e.